The Hall–Kier alpha value is -1.02. The SMILES string of the molecule is CC1CCCC(C)N1c1ccccc1CN. The highest BCUT2D eigenvalue weighted by molar-refractivity contribution is 5.55. The summed E-state index contributed by atoms with van der Waals surface area (Å²) in [6, 6.07) is 9.81. The monoisotopic (exact) mass is 218 g/mol. The standard InChI is InChI=1S/C14H22N2/c1-11-6-5-7-12(2)16(11)14-9-4-3-8-13(14)10-15/h3-4,8-9,11-12H,5-7,10,15H2,1-2H3. The Morgan fingerprint density at radius 3 is 2.44 bits per heavy atom. The van der Waals surface area contributed by atoms with Crippen LogP contribution in [0.15, 0.2) is 24.3 Å². The van der Waals surface area contributed by atoms with Crippen molar-refractivity contribution in [3.63, 3.8) is 0 Å². The summed E-state index contributed by atoms with van der Waals surface area (Å²) in [7, 11) is 0. The molecular formula is C14H22N2. The van der Waals surface area contributed by atoms with E-state index in [1.54, 1.807) is 0 Å². The lowest BCUT2D eigenvalue weighted by Gasteiger charge is -2.42. The first-order valence-electron chi connectivity index (χ1n) is 6.30. The van der Waals surface area contributed by atoms with Gasteiger partial charge >= 0.3 is 0 Å². The van der Waals surface area contributed by atoms with Crippen LogP contribution in [0.2, 0.25) is 0 Å². The van der Waals surface area contributed by atoms with E-state index in [4.69, 9.17) is 5.73 Å². The van der Waals surface area contributed by atoms with E-state index >= 15 is 0 Å². The Balaban J connectivity index is 2.33. The van der Waals surface area contributed by atoms with Crippen LogP contribution >= 0.6 is 0 Å². The summed E-state index contributed by atoms with van der Waals surface area (Å²) in [6.45, 7) is 5.28. The normalized spacial score (nSPS) is 25.8. The molecule has 2 nitrogen and oxygen atoms in total. The lowest BCUT2D eigenvalue weighted by molar-refractivity contribution is 0.413. The zero-order valence-electron chi connectivity index (χ0n) is 10.3. The molecule has 2 heteroatoms. The van der Waals surface area contributed by atoms with E-state index in [1.165, 1.54) is 30.5 Å². The number of anilines is 1. The summed E-state index contributed by atoms with van der Waals surface area (Å²) >= 11 is 0. The molecule has 16 heavy (non-hydrogen) atoms. The van der Waals surface area contributed by atoms with E-state index in [0.717, 1.165) is 0 Å². The molecule has 0 bridgehead atoms. The number of hydrogen-bond acceptors (Lipinski definition) is 2. The maximum Gasteiger partial charge on any atom is 0.0416 e. The summed E-state index contributed by atoms with van der Waals surface area (Å²) in [5.74, 6) is 0. The van der Waals surface area contributed by atoms with Gasteiger partial charge in [0, 0.05) is 24.3 Å². The summed E-state index contributed by atoms with van der Waals surface area (Å²) in [4.78, 5) is 2.55. The zero-order valence-corrected chi connectivity index (χ0v) is 10.3. The van der Waals surface area contributed by atoms with Crippen LogP contribution in [0.4, 0.5) is 5.69 Å². The first kappa shape index (κ1) is 11.5. The van der Waals surface area contributed by atoms with Gasteiger partial charge < -0.3 is 10.6 Å². The van der Waals surface area contributed by atoms with Crippen molar-refractivity contribution in [1.29, 1.82) is 0 Å². The number of benzene rings is 1. The number of nitrogens with zero attached hydrogens (tertiary/aromatic N) is 1. The molecule has 0 radical (unpaired) electrons. The van der Waals surface area contributed by atoms with E-state index in [0.29, 0.717) is 18.6 Å². The smallest absolute Gasteiger partial charge is 0.0416 e. The fourth-order valence-corrected chi connectivity index (χ4v) is 2.83. The minimum Gasteiger partial charge on any atom is -0.366 e. The van der Waals surface area contributed by atoms with E-state index < -0.39 is 0 Å². The summed E-state index contributed by atoms with van der Waals surface area (Å²) in [5, 5.41) is 0. The molecule has 1 aliphatic heterocycles. The highest BCUT2D eigenvalue weighted by Gasteiger charge is 2.25. The number of nitrogens with two attached hydrogens (primary N) is 1. The van der Waals surface area contributed by atoms with Crippen molar-refractivity contribution >= 4 is 5.69 Å². The van der Waals surface area contributed by atoms with Crippen LogP contribution in [-0.4, -0.2) is 12.1 Å². The minimum absolute atomic E-state index is 0.631. The lowest BCUT2D eigenvalue weighted by atomic mass is 9.95. The summed E-state index contributed by atoms with van der Waals surface area (Å²) in [5.41, 5.74) is 8.43. The average molecular weight is 218 g/mol. The van der Waals surface area contributed by atoms with Crippen molar-refractivity contribution in [3.05, 3.63) is 29.8 Å². The Bertz CT molecular complexity index is 338. The fraction of sp³-hybridized carbons (Fsp3) is 0.571. The van der Waals surface area contributed by atoms with Gasteiger partial charge in [0.1, 0.15) is 0 Å². The average Bonchev–Trinajstić information content (AvgIpc) is 2.29. The van der Waals surface area contributed by atoms with Crippen LogP contribution < -0.4 is 10.6 Å². The minimum atomic E-state index is 0.631. The highest BCUT2D eigenvalue weighted by Crippen LogP contribution is 2.31. The van der Waals surface area contributed by atoms with Gasteiger partial charge in [-0.2, -0.15) is 0 Å². The van der Waals surface area contributed by atoms with Crippen molar-refractivity contribution in [2.24, 2.45) is 5.73 Å². The van der Waals surface area contributed by atoms with Gasteiger partial charge in [0.15, 0.2) is 0 Å². The number of rotatable bonds is 2. The highest BCUT2D eigenvalue weighted by atomic mass is 15.2. The van der Waals surface area contributed by atoms with E-state index in [9.17, 15) is 0 Å². The van der Waals surface area contributed by atoms with Gasteiger partial charge in [0.05, 0.1) is 0 Å². The molecule has 2 atom stereocenters. The maximum atomic E-state index is 5.82. The van der Waals surface area contributed by atoms with Crippen molar-refractivity contribution in [2.45, 2.75) is 51.7 Å². The predicted molar refractivity (Wildman–Crippen MR) is 69.6 cm³/mol. The predicted octanol–water partition coefficient (Wildman–Crippen LogP) is 2.91. The molecule has 1 saturated heterocycles. The molecular weight excluding hydrogens is 196 g/mol. The molecule has 1 aliphatic rings. The van der Waals surface area contributed by atoms with Crippen molar-refractivity contribution in [1.82, 2.24) is 0 Å². The summed E-state index contributed by atoms with van der Waals surface area (Å²) < 4.78 is 0. The van der Waals surface area contributed by atoms with Crippen LogP contribution in [0.3, 0.4) is 0 Å². The Labute approximate surface area is 98.4 Å². The van der Waals surface area contributed by atoms with E-state index in [1.807, 2.05) is 0 Å². The van der Waals surface area contributed by atoms with E-state index in [-0.39, 0.29) is 0 Å². The molecule has 0 aromatic heterocycles. The van der Waals surface area contributed by atoms with Gasteiger partial charge in [-0.1, -0.05) is 18.2 Å². The molecule has 1 heterocycles. The van der Waals surface area contributed by atoms with Crippen LogP contribution in [0.5, 0.6) is 0 Å². The number of hydrogen-bond donors (Lipinski definition) is 1. The third-order valence-corrected chi connectivity index (χ3v) is 3.68. The van der Waals surface area contributed by atoms with Crippen molar-refractivity contribution < 1.29 is 0 Å². The molecule has 2 rings (SSSR count). The Morgan fingerprint density at radius 2 is 1.81 bits per heavy atom. The maximum absolute atomic E-state index is 5.82. The number of piperidine rings is 1. The molecule has 0 amide bonds. The molecule has 2 N–H and O–H groups in total. The molecule has 0 aliphatic carbocycles. The van der Waals surface area contributed by atoms with Crippen molar-refractivity contribution in [2.75, 3.05) is 4.90 Å². The molecule has 1 aromatic carbocycles. The molecule has 0 spiro atoms. The molecule has 1 fully saturated rings. The molecule has 0 saturated carbocycles. The second kappa shape index (κ2) is 4.88. The quantitative estimate of drug-likeness (QED) is 0.827. The van der Waals surface area contributed by atoms with Crippen LogP contribution in [-0.2, 0) is 6.54 Å². The second-order valence-electron chi connectivity index (χ2n) is 4.87. The number of para-hydroxylation sites is 1. The largest absolute Gasteiger partial charge is 0.366 e. The topological polar surface area (TPSA) is 29.3 Å². The van der Waals surface area contributed by atoms with Gasteiger partial charge in [-0.15, -0.1) is 0 Å². The van der Waals surface area contributed by atoms with Gasteiger partial charge in [0.25, 0.3) is 0 Å². The van der Waals surface area contributed by atoms with E-state index in [2.05, 4.69) is 43.0 Å². The van der Waals surface area contributed by atoms with Gasteiger partial charge in [-0.25, -0.2) is 0 Å². The third kappa shape index (κ3) is 2.07. The van der Waals surface area contributed by atoms with Gasteiger partial charge in [-0.05, 0) is 44.7 Å². The molecule has 88 valence electrons. The van der Waals surface area contributed by atoms with Gasteiger partial charge in [-0.3, -0.25) is 0 Å². The third-order valence-electron chi connectivity index (χ3n) is 3.68. The lowest BCUT2D eigenvalue weighted by Crippen LogP contribution is -2.44. The fourth-order valence-electron chi connectivity index (χ4n) is 2.83. The Kier molecular flexibility index (Phi) is 3.49. The molecule has 2 unspecified atom stereocenters. The van der Waals surface area contributed by atoms with Crippen LogP contribution in [0.25, 0.3) is 0 Å². The first-order valence-corrected chi connectivity index (χ1v) is 6.30. The first-order chi connectivity index (χ1) is 7.74. The molecule has 1 aromatic rings. The van der Waals surface area contributed by atoms with Crippen LogP contribution in [0.1, 0.15) is 38.7 Å². The second-order valence-corrected chi connectivity index (χ2v) is 4.87. The Morgan fingerprint density at radius 1 is 1.19 bits per heavy atom. The van der Waals surface area contributed by atoms with Crippen molar-refractivity contribution in [3.8, 4) is 0 Å². The summed E-state index contributed by atoms with van der Waals surface area (Å²) in [6.07, 6.45) is 3.94. The van der Waals surface area contributed by atoms with Crippen LogP contribution in [0, 0.1) is 0 Å². The van der Waals surface area contributed by atoms with Gasteiger partial charge in [0.2, 0.25) is 0 Å². The zero-order chi connectivity index (χ0) is 11.5.